The van der Waals surface area contributed by atoms with Crippen LogP contribution in [0.15, 0.2) is 53.4 Å². The van der Waals surface area contributed by atoms with E-state index in [1.54, 1.807) is 0 Å². The lowest BCUT2D eigenvalue weighted by Crippen LogP contribution is -2.28. The topological polar surface area (TPSA) is 169 Å². The summed E-state index contributed by atoms with van der Waals surface area (Å²) in [4.78, 5) is 29.2. The molecule has 0 aliphatic carbocycles. The van der Waals surface area contributed by atoms with Crippen LogP contribution in [0, 0.1) is 11.3 Å². The number of nitrogens with two attached hydrogens (primary N) is 2. The summed E-state index contributed by atoms with van der Waals surface area (Å²) in [6.45, 7) is 3.12. The SMILES string of the molecule is CCc1ccc(-c2c(C#N)c(N)nc3sc(C(=O)c4ccc(S(=O)(=O)NC(C)=O)cc4)c(N)c23)cc1. The summed E-state index contributed by atoms with van der Waals surface area (Å²) in [5.41, 5.74) is 15.4. The van der Waals surface area contributed by atoms with E-state index in [2.05, 4.69) is 11.1 Å². The fraction of sp³-hybridized carbons (Fsp3) is 0.120. The summed E-state index contributed by atoms with van der Waals surface area (Å²) in [7, 11) is -4.04. The van der Waals surface area contributed by atoms with E-state index >= 15 is 0 Å². The number of nitrogen functional groups attached to an aromatic ring is 2. The number of hydrogen-bond donors (Lipinski definition) is 3. The number of anilines is 2. The lowest BCUT2D eigenvalue weighted by Gasteiger charge is -2.10. The van der Waals surface area contributed by atoms with Crippen LogP contribution in [-0.2, 0) is 21.2 Å². The lowest BCUT2D eigenvalue weighted by atomic mass is 9.95. The van der Waals surface area contributed by atoms with Gasteiger partial charge in [0, 0.05) is 23.4 Å². The van der Waals surface area contributed by atoms with Crippen molar-refractivity contribution in [2.45, 2.75) is 25.2 Å². The molecule has 0 bridgehead atoms. The van der Waals surface area contributed by atoms with Crippen LogP contribution >= 0.6 is 11.3 Å². The predicted molar refractivity (Wildman–Crippen MR) is 139 cm³/mol. The van der Waals surface area contributed by atoms with Gasteiger partial charge in [-0.25, -0.2) is 18.1 Å². The number of carbonyl (C=O) groups excluding carboxylic acids is 2. The van der Waals surface area contributed by atoms with Crippen LogP contribution in [0.1, 0.15) is 40.2 Å². The van der Waals surface area contributed by atoms with Gasteiger partial charge in [0.25, 0.3) is 10.0 Å². The Bertz CT molecular complexity index is 1670. The number of rotatable bonds is 6. The number of pyridine rings is 1. The molecule has 0 atom stereocenters. The van der Waals surface area contributed by atoms with Gasteiger partial charge in [-0.1, -0.05) is 31.2 Å². The summed E-state index contributed by atoms with van der Waals surface area (Å²) in [5, 5.41) is 10.3. The molecule has 1 amide bonds. The van der Waals surface area contributed by atoms with Crippen LogP contribution in [0.2, 0.25) is 0 Å². The standard InChI is InChI=1S/C25H21N5O4S2/c1-3-14-4-6-15(7-5-14)19-18(12-26)24(28)29-25-20(19)21(27)23(35-25)22(32)16-8-10-17(11-9-16)36(33,34)30-13(2)31/h4-11H,3,27H2,1-2H3,(H2,28,29)(H,30,31). The van der Waals surface area contributed by atoms with Gasteiger partial charge in [0.05, 0.1) is 10.6 Å². The number of thiophene rings is 1. The first-order valence-electron chi connectivity index (χ1n) is 10.8. The Morgan fingerprint density at radius 2 is 1.72 bits per heavy atom. The maximum absolute atomic E-state index is 13.3. The van der Waals surface area contributed by atoms with Crippen LogP contribution in [0.3, 0.4) is 0 Å². The van der Waals surface area contributed by atoms with Crippen LogP contribution in [-0.4, -0.2) is 25.1 Å². The highest BCUT2D eigenvalue weighted by Crippen LogP contribution is 2.43. The smallest absolute Gasteiger partial charge is 0.264 e. The molecule has 0 unspecified atom stereocenters. The minimum atomic E-state index is -4.04. The number of sulfonamides is 1. The summed E-state index contributed by atoms with van der Waals surface area (Å²) < 4.78 is 26.2. The van der Waals surface area contributed by atoms with Gasteiger partial charge in [-0.3, -0.25) is 9.59 Å². The zero-order valence-corrected chi connectivity index (χ0v) is 21.0. The summed E-state index contributed by atoms with van der Waals surface area (Å²) in [5.74, 6) is -1.13. The Hall–Kier alpha value is -4.27. The van der Waals surface area contributed by atoms with Gasteiger partial charge < -0.3 is 11.5 Å². The molecule has 4 rings (SSSR count). The maximum atomic E-state index is 13.3. The molecule has 0 saturated carbocycles. The van der Waals surface area contributed by atoms with Gasteiger partial charge in [-0.05, 0) is 41.8 Å². The minimum absolute atomic E-state index is 0.0346. The van der Waals surface area contributed by atoms with Crippen molar-refractivity contribution >= 4 is 54.8 Å². The van der Waals surface area contributed by atoms with E-state index in [0.29, 0.717) is 15.8 Å². The van der Waals surface area contributed by atoms with Gasteiger partial charge in [0.1, 0.15) is 27.2 Å². The van der Waals surface area contributed by atoms with E-state index in [1.807, 2.05) is 35.9 Å². The van der Waals surface area contributed by atoms with E-state index in [9.17, 15) is 23.3 Å². The zero-order valence-electron chi connectivity index (χ0n) is 19.3. The van der Waals surface area contributed by atoms with Crippen molar-refractivity contribution in [2.75, 3.05) is 11.5 Å². The quantitative estimate of drug-likeness (QED) is 0.324. The van der Waals surface area contributed by atoms with Crippen LogP contribution in [0.5, 0.6) is 0 Å². The highest BCUT2D eigenvalue weighted by Gasteiger charge is 2.25. The average molecular weight is 520 g/mol. The van der Waals surface area contributed by atoms with E-state index in [1.165, 1.54) is 24.3 Å². The zero-order chi connectivity index (χ0) is 26.2. The fourth-order valence-electron chi connectivity index (χ4n) is 3.81. The van der Waals surface area contributed by atoms with E-state index < -0.39 is 21.7 Å². The number of fused-ring (bicyclic) bond motifs is 1. The van der Waals surface area contributed by atoms with E-state index in [4.69, 9.17) is 11.5 Å². The van der Waals surface area contributed by atoms with Crippen molar-refractivity contribution in [1.82, 2.24) is 9.71 Å². The fourth-order valence-corrected chi connectivity index (χ4v) is 5.88. The lowest BCUT2D eigenvalue weighted by molar-refractivity contribution is -0.117. The molecule has 9 nitrogen and oxygen atoms in total. The second-order valence-corrected chi connectivity index (χ2v) is 10.6. The summed E-state index contributed by atoms with van der Waals surface area (Å²) >= 11 is 1.04. The number of amides is 1. The first-order chi connectivity index (χ1) is 17.1. The molecule has 2 aromatic heterocycles. The molecule has 0 aliphatic rings. The maximum Gasteiger partial charge on any atom is 0.264 e. The third kappa shape index (κ3) is 4.39. The molecule has 182 valence electrons. The monoisotopic (exact) mass is 519 g/mol. The number of carbonyl (C=O) groups is 2. The second kappa shape index (κ2) is 9.41. The number of nitrogens with one attached hydrogen (secondary N) is 1. The Morgan fingerprint density at radius 1 is 1.08 bits per heavy atom. The highest BCUT2D eigenvalue weighted by atomic mass is 32.2. The van der Waals surface area contributed by atoms with Gasteiger partial charge in [-0.15, -0.1) is 11.3 Å². The van der Waals surface area contributed by atoms with E-state index in [-0.39, 0.29) is 32.4 Å². The Kier molecular flexibility index (Phi) is 6.49. The number of aryl methyl sites for hydroxylation is 1. The average Bonchev–Trinajstić information content (AvgIpc) is 3.17. The number of ketones is 1. The van der Waals surface area contributed by atoms with Gasteiger partial charge in [0.15, 0.2) is 0 Å². The second-order valence-electron chi connectivity index (χ2n) is 7.95. The van der Waals surface area contributed by atoms with Crippen molar-refractivity contribution in [3.8, 4) is 17.2 Å². The molecule has 11 heteroatoms. The molecular formula is C25H21N5O4S2. The minimum Gasteiger partial charge on any atom is -0.397 e. The number of benzene rings is 2. The summed E-state index contributed by atoms with van der Waals surface area (Å²) in [6.07, 6.45) is 0.851. The predicted octanol–water partition coefficient (Wildman–Crippen LogP) is 3.62. The number of nitrogens with zero attached hydrogens (tertiary/aromatic N) is 2. The van der Waals surface area contributed by atoms with Crippen molar-refractivity contribution in [3.63, 3.8) is 0 Å². The summed E-state index contributed by atoms with van der Waals surface area (Å²) in [6, 6.07) is 14.9. The molecule has 2 aromatic carbocycles. The molecule has 0 saturated heterocycles. The van der Waals surface area contributed by atoms with Crippen molar-refractivity contribution in [2.24, 2.45) is 0 Å². The molecule has 4 aromatic rings. The molecule has 0 aliphatic heterocycles. The normalized spacial score (nSPS) is 11.2. The molecule has 0 spiro atoms. The van der Waals surface area contributed by atoms with Crippen LogP contribution in [0.25, 0.3) is 21.3 Å². The van der Waals surface area contributed by atoms with Gasteiger partial charge >= 0.3 is 0 Å². The van der Waals surface area contributed by atoms with Gasteiger partial charge in [0.2, 0.25) is 11.7 Å². The molecule has 36 heavy (non-hydrogen) atoms. The third-order valence-electron chi connectivity index (χ3n) is 5.58. The molecule has 0 fully saturated rings. The van der Waals surface area contributed by atoms with Crippen molar-refractivity contribution in [1.29, 1.82) is 5.26 Å². The molecule has 2 heterocycles. The first-order valence-corrected chi connectivity index (χ1v) is 13.1. The van der Waals surface area contributed by atoms with E-state index in [0.717, 1.165) is 35.8 Å². The van der Waals surface area contributed by atoms with Crippen LogP contribution < -0.4 is 16.2 Å². The van der Waals surface area contributed by atoms with Crippen LogP contribution in [0.4, 0.5) is 11.5 Å². The number of nitriles is 1. The molecular weight excluding hydrogens is 498 g/mol. The Labute approximate surface area is 211 Å². The van der Waals surface area contributed by atoms with Crippen molar-refractivity contribution in [3.05, 3.63) is 70.1 Å². The number of aromatic nitrogens is 1. The van der Waals surface area contributed by atoms with Crippen molar-refractivity contribution < 1.29 is 18.0 Å². The van der Waals surface area contributed by atoms with Gasteiger partial charge in [-0.2, -0.15) is 5.26 Å². The molecule has 5 N–H and O–H groups in total. The third-order valence-corrected chi connectivity index (χ3v) is 8.13. The Morgan fingerprint density at radius 3 is 2.28 bits per heavy atom. The highest BCUT2D eigenvalue weighted by molar-refractivity contribution is 7.90. The largest absolute Gasteiger partial charge is 0.397 e. The number of hydrogen-bond acceptors (Lipinski definition) is 9. The molecule has 0 radical (unpaired) electrons. The first kappa shape index (κ1) is 24.8. The Balaban J connectivity index is 1.83.